The number of amides is 2. The average Bonchev–Trinajstić information content (AvgIpc) is 3.57. The largest absolute Gasteiger partial charge is 0.391 e. The Labute approximate surface area is 221 Å². The molecule has 1 saturated heterocycles. The van der Waals surface area contributed by atoms with Gasteiger partial charge in [-0.3, -0.25) is 9.59 Å². The quantitative estimate of drug-likeness (QED) is 0.506. The standard InChI is InChI=1S/C30H32FN3O4/c1-17(2)27(26-13-18(3)33-38-26)28(36)34-16-21(35)14-25(34)24-15-30(4,29(37)32-24)20-11-9-19(10-12-20)22-7-5-6-8-23(22)31/h5-13,17,21,25,27,35H,14-16H2,1-4H3/t21-,25+,27-,30+/m1/s1. The minimum Gasteiger partial charge on any atom is -0.391 e. The zero-order valence-electron chi connectivity index (χ0n) is 22.0. The average molecular weight is 518 g/mol. The molecule has 0 saturated carbocycles. The van der Waals surface area contributed by atoms with E-state index < -0.39 is 23.5 Å². The summed E-state index contributed by atoms with van der Waals surface area (Å²) in [5, 5.41) is 14.5. The van der Waals surface area contributed by atoms with Gasteiger partial charge >= 0.3 is 0 Å². The Balaban J connectivity index is 1.39. The van der Waals surface area contributed by atoms with Crippen LogP contribution in [0.3, 0.4) is 0 Å². The van der Waals surface area contributed by atoms with E-state index in [1.165, 1.54) is 6.07 Å². The highest BCUT2D eigenvalue weighted by Crippen LogP contribution is 2.39. The number of aromatic nitrogens is 1. The van der Waals surface area contributed by atoms with Crippen LogP contribution in [0.2, 0.25) is 0 Å². The first-order valence-electron chi connectivity index (χ1n) is 13.0. The van der Waals surface area contributed by atoms with Gasteiger partial charge in [-0.1, -0.05) is 61.5 Å². The second kappa shape index (κ2) is 9.91. The number of nitrogens with zero attached hydrogens (tertiary/aromatic N) is 3. The molecule has 1 fully saturated rings. The number of rotatable bonds is 6. The van der Waals surface area contributed by atoms with Crippen LogP contribution in [0.5, 0.6) is 0 Å². The summed E-state index contributed by atoms with van der Waals surface area (Å²) in [5.74, 6) is -0.884. The lowest BCUT2D eigenvalue weighted by atomic mass is 9.78. The smallest absolute Gasteiger partial charge is 0.256 e. The van der Waals surface area contributed by atoms with E-state index in [1.54, 1.807) is 36.1 Å². The molecule has 1 aromatic heterocycles. The summed E-state index contributed by atoms with van der Waals surface area (Å²) < 4.78 is 19.7. The van der Waals surface area contributed by atoms with Gasteiger partial charge in [0, 0.05) is 36.7 Å². The molecule has 0 bridgehead atoms. The molecule has 3 aromatic rings. The second-order valence-corrected chi connectivity index (χ2v) is 11.0. The Morgan fingerprint density at radius 3 is 2.53 bits per heavy atom. The van der Waals surface area contributed by atoms with Gasteiger partial charge in [-0.2, -0.15) is 0 Å². The van der Waals surface area contributed by atoms with Crippen LogP contribution in [0.15, 0.2) is 64.1 Å². The number of β-amino-alcohol motifs (C(OH)–C–C–N with tert-alkyl or cyclic N) is 1. The molecule has 8 heteroatoms. The van der Waals surface area contributed by atoms with Crippen molar-refractivity contribution in [1.29, 1.82) is 0 Å². The van der Waals surface area contributed by atoms with Crippen molar-refractivity contribution < 1.29 is 23.6 Å². The highest BCUT2D eigenvalue weighted by atomic mass is 19.1. The van der Waals surface area contributed by atoms with Crippen LogP contribution in [0.25, 0.3) is 11.1 Å². The van der Waals surface area contributed by atoms with Gasteiger partial charge in [0.15, 0.2) is 0 Å². The number of aliphatic hydroxyl groups is 1. The molecule has 2 aliphatic rings. The molecule has 0 spiro atoms. The Kier molecular flexibility index (Phi) is 6.77. The summed E-state index contributed by atoms with van der Waals surface area (Å²) in [4.78, 5) is 33.1. The summed E-state index contributed by atoms with van der Waals surface area (Å²) in [6.07, 6.45) is -0.0573. The van der Waals surface area contributed by atoms with E-state index in [-0.39, 0.29) is 30.1 Å². The van der Waals surface area contributed by atoms with E-state index in [4.69, 9.17) is 4.52 Å². The molecule has 38 heavy (non-hydrogen) atoms. The van der Waals surface area contributed by atoms with Gasteiger partial charge in [0.25, 0.3) is 5.91 Å². The summed E-state index contributed by atoms with van der Waals surface area (Å²) in [6.45, 7) is 7.71. The van der Waals surface area contributed by atoms with E-state index in [1.807, 2.05) is 45.0 Å². The van der Waals surface area contributed by atoms with Crippen LogP contribution in [0.4, 0.5) is 4.39 Å². The monoisotopic (exact) mass is 517 g/mol. The SMILES string of the molecule is Cc1cc([C@H](C(=O)N2C[C@H](O)C[C@H]2C2=NC(=O)[C@](C)(c3ccc(-c4ccccc4F)cc3)C2)C(C)C)on1. The van der Waals surface area contributed by atoms with Gasteiger partial charge in [0.2, 0.25) is 5.91 Å². The Morgan fingerprint density at radius 2 is 1.89 bits per heavy atom. The third-order valence-corrected chi connectivity index (χ3v) is 7.79. The van der Waals surface area contributed by atoms with Gasteiger partial charge in [0.1, 0.15) is 17.5 Å². The van der Waals surface area contributed by atoms with E-state index in [0.29, 0.717) is 35.6 Å². The van der Waals surface area contributed by atoms with E-state index in [0.717, 1.165) is 11.1 Å². The number of aryl methyl sites for hydroxylation is 1. The number of aliphatic hydroxyl groups excluding tert-OH is 1. The number of halogens is 1. The fourth-order valence-electron chi connectivity index (χ4n) is 5.68. The van der Waals surface area contributed by atoms with Crippen LogP contribution in [-0.2, 0) is 15.0 Å². The molecule has 2 aromatic carbocycles. The molecule has 0 radical (unpaired) electrons. The van der Waals surface area contributed by atoms with Crippen LogP contribution in [0.1, 0.15) is 56.5 Å². The van der Waals surface area contributed by atoms with Crippen LogP contribution >= 0.6 is 0 Å². The Bertz CT molecular complexity index is 1400. The Hall–Kier alpha value is -3.65. The third kappa shape index (κ3) is 4.58. The maximum Gasteiger partial charge on any atom is 0.256 e. The number of carbonyl (C=O) groups is 2. The number of hydrogen-bond donors (Lipinski definition) is 1. The lowest BCUT2D eigenvalue weighted by molar-refractivity contribution is -0.134. The molecule has 5 rings (SSSR count). The van der Waals surface area contributed by atoms with E-state index >= 15 is 0 Å². The lowest BCUT2D eigenvalue weighted by Gasteiger charge is -2.30. The van der Waals surface area contributed by atoms with Crippen molar-refractivity contribution in [2.24, 2.45) is 10.9 Å². The predicted molar refractivity (Wildman–Crippen MR) is 141 cm³/mol. The first kappa shape index (κ1) is 26.0. The van der Waals surface area contributed by atoms with Crippen molar-refractivity contribution in [2.45, 2.75) is 64.0 Å². The van der Waals surface area contributed by atoms with Crippen LogP contribution in [-0.4, -0.2) is 51.4 Å². The fourth-order valence-corrected chi connectivity index (χ4v) is 5.68. The number of aliphatic imine (C=N–C) groups is 1. The fraction of sp³-hybridized carbons (Fsp3) is 0.400. The third-order valence-electron chi connectivity index (χ3n) is 7.79. The lowest BCUT2D eigenvalue weighted by Crippen LogP contribution is -2.44. The number of benzene rings is 2. The van der Waals surface area contributed by atoms with Crippen LogP contribution < -0.4 is 0 Å². The van der Waals surface area contributed by atoms with Gasteiger partial charge < -0.3 is 14.5 Å². The van der Waals surface area contributed by atoms with Crippen molar-refractivity contribution in [3.63, 3.8) is 0 Å². The van der Waals surface area contributed by atoms with Gasteiger partial charge in [-0.05, 0) is 37.0 Å². The normalized spacial score (nSPS) is 24.2. The zero-order chi connectivity index (χ0) is 27.2. The molecule has 2 aliphatic heterocycles. The van der Waals surface area contributed by atoms with E-state index in [9.17, 15) is 19.1 Å². The molecular formula is C30H32FN3O4. The molecule has 1 N–H and O–H groups in total. The van der Waals surface area contributed by atoms with Crippen molar-refractivity contribution >= 4 is 17.5 Å². The number of hydrogen-bond acceptors (Lipinski definition) is 5. The van der Waals surface area contributed by atoms with Crippen LogP contribution in [0, 0.1) is 18.7 Å². The molecule has 0 unspecified atom stereocenters. The molecule has 4 atom stereocenters. The number of carbonyl (C=O) groups excluding carboxylic acids is 2. The molecule has 198 valence electrons. The highest BCUT2D eigenvalue weighted by molar-refractivity contribution is 6.11. The molecule has 2 amide bonds. The minimum absolute atomic E-state index is 0.0568. The Morgan fingerprint density at radius 1 is 1.18 bits per heavy atom. The van der Waals surface area contributed by atoms with Crippen molar-refractivity contribution in [1.82, 2.24) is 10.1 Å². The number of likely N-dealkylation sites (tertiary alicyclic amines) is 1. The minimum atomic E-state index is -0.912. The van der Waals surface area contributed by atoms with Crippen molar-refractivity contribution in [2.75, 3.05) is 6.54 Å². The molecule has 7 nitrogen and oxygen atoms in total. The molecule has 3 heterocycles. The summed E-state index contributed by atoms with van der Waals surface area (Å²) in [6, 6.07) is 15.2. The summed E-state index contributed by atoms with van der Waals surface area (Å²) >= 11 is 0. The topological polar surface area (TPSA) is 96.0 Å². The maximum atomic E-state index is 14.3. The van der Waals surface area contributed by atoms with Gasteiger partial charge in [-0.15, -0.1) is 0 Å². The van der Waals surface area contributed by atoms with Gasteiger partial charge in [-0.25, -0.2) is 9.38 Å². The van der Waals surface area contributed by atoms with E-state index in [2.05, 4.69) is 10.1 Å². The maximum absolute atomic E-state index is 14.3. The summed E-state index contributed by atoms with van der Waals surface area (Å²) in [5.41, 5.74) is 2.37. The van der Waals surface area contributed by atoms with Crippen molar-refractivity contribution in [3.05, 3.63) is 77.4 Å². The van der Waals surface area contributed by atoms with Gasteiger partial charge in [0.05, 0.1) is 23.3 Å². The first-order chi connectivity index (χ1) is 18.1. The predicted octanol–water partition coefficient (Wildman–Crippen LogP) is 4.82. The second-order valence-electron chi connectivity index (χ2n) is 11.0. The summed E-state index contributed by atoms with van der Waals surface area (Å²) in [7, 11) is 0. The first-order valence-corrected chi connectivity index (χ1v) is 13.0. The molecule has 0 aliphatic carbocycles. The highest BCUT2D eigenvalue weighted by Gasteiger charge is 2.48. The van der Waals surface area contributed by atoms with Crippen molar-refractivity contribution in [3.8, 4) is 11.1 Å². The zero-order valence-corrected chi connectivity index (χ0v) is 22.0. The molecular weight excluding hydrogens is 485 g/mol.